The Morgan fingerprint density at radius 3 is 2.81 bits per heavy atom. The Hall–Kier alpha value is -1.80. The van der Waals surface area contributed by atoms with E-state index in [0.29, 0.717) is 5.15 Å². The van der Waals surface area contributed by atoms with Gasteiger partial charge in [-0.3, -0.25) is 0 Å². The first-order valence-electron chi connectivity index (χ1n) is 4.92. The Kier molecular flexibility index (Phi) is 2.15. The molecule has 16 heavy (non-hydrogen) atoms. The molecule has 0 spiro atoms. The van der Waals surface area contributed by atoms with Crippen molar-refractivity contribution in [2.24, 2.45) is 0 Å². The number of furan rings is 1. The van der Waals surface area contributed by atoms with Crippen molar-refractivity contribution in [3.05, 3.63) is 54.0 Å². The third-order valence-electron chi connectivity index (χ3n) is 2.49. The van der Waals surface area contributed by atoms with Crippen LogP contribution in [-0.2, 0) is 0 Å². The summed E-state index contributed by atoms with van der Waals surface area (Å²) in [5.74, 6) is 0.858. The van der Waals surface area contributed by atoms with Crippen LogP contribution in [0.3, 0.4) is 0 Å². The molecule has 0 radical (unpaired) electrons. The van der Waals surface area contributed by atoms with Gasteiger partial charge in [-0.15, -0.1) is 0 Å². The number of benzene rings is 1. The van der Waals surface area contributed by atoms with E-state index < -0.39 is 0 Å². The van der Waals surface area contributed by atoms with Gasteiger partial charge in [0.2, 0.25) is 0 Å². The van der Waals surface area contributed by atoms with Gasteiger partial charge in [-0.05, 0) is 29.7 Å². The number of aromatic nitrogens is 1. The largest absolute Gasteiger partial charge is 0.464 e. The number of pyridine rings is 1. The molecule has 0 saturated carbocycles. The van der Waals surface area contributed by atoms with Gasteiger partial charge in [0, 0.05) is 17.1 Å². The first-order valence-corrected chi connectivity index (χ1v) is 5.30. The molecule has 0 aliphatic rings. The van der Waals surface area contributed by atoms with Crippen LogP contribution in [0.5, 0.6) is 0 Å². The molecular formula is C13H8ClNO. The molecule has 0 atom stereocenters. The number of hydrogen-bond acceptors (Lipinski definition) is 2. The van der Waals surface area contributed by atoms with Crippen LogP contribution in [0.15, 0.2) is 53.3 Å². The predicted molar refractivity (Wildman–Crippen MR) is 64.5 cm³/mol. The van der Waals surface area contributed by atoms with Crippen LogP contribution in [0.4, 0.5) is 0 Å². The van der Waals surface area contributed by atoms with Gasteiger partial charge >= 0.3 is 0 Å². The fourth-order valence-electron chi connectivity index (χ4n) is 1.71. The highest BCUT2D eigenvalue weighted by Crippen LogP contribution is 2.25. The van der Waals surface area contributed by atoms with E-state index in [4.69, 9.17) is 16.0 Å². The zero-order valence-corrected chi connectivity index (χ0v) is 9.11. The Bertz CT molecular complexity index is 631. The van der Waals surface area contributed by atoms with E-state index >= 15 is 0 Å². The quantitative estimate of drug-likeness (QED) is 0.586. The van der Waals surface area contributed by atoms with Crippen molar-refractivity contribution in [3.63, 3.8) is 0 Å². The normalized spacial score (nSPS) is 10.8. The van der Waals surface area contributed by atoms with E-state index in [1.54, 1.807) is 12.5 Å². The average molecular weight is 230 g/mol. The Morgan fingerprint density at radius 1 is 1.06 bits per heavy atom. The fourth-order valence-corrected chi connectivity index (χ4v) is 1.88. The van der Waals surface area contributed by atoms with Crippen molar-refractivity contribution < 1.29 is 4.42 Å². The van der Waals surface area contributed by atoms with E-state index in [9.17, 15) is 0 Å². The smallest absolute Gasteiger partial charge is 0.133 e. The van der Waals surface area contributed by atoms with Crippen LogP contribution in [0.25, 0.3) is 22.1 Å². The van der Waals surface area contributed by atoms with Gasteiger partial charge in [-0.1, -0.05) is 23.7 Å². The molecular weight excluding hydrogens is 222 g/mol. The van der Waals surface area contributed by atoms with Crippen LogP contribution in [0.1, 0.15) is 0 Å². The average Bonchev–Trinajstić information content (AvgIpc) is 2.82. The Morgan fingerprint density at radius 2 is 2.00 bits per heavy atom. The molecule has 2 heterocycles. The predicted octanol–water partition coefficient (Wildman–Crippen LogP) is 4.15. The Balaban J connectivity index is 2.20. The number of fused-ring (bicyclic) bond motifs is 1. The number of halogens is 1. The second kappa shape index (κ2) is 3.65. The van der Waals surface area contributed by atoms with Gasteiger partial charge in [0.25, 0.3) is 0 Å². The van der Waals surface area contributed by atoms with Gasteiger partial charge < -0.3 is 4.42 Å². The first-order chi connectivity index (χ1) is 7.83. The van der Waals surface area contributed by atoms with E-state index in [0.717, 1.165) is 22.1 Å². The fraction of sp³-hybridized carbons (Fsp3) is 0. The minimum atomic E-state index is 0.512. The maximum absolute atomic E-state index is 5.83. The summed E-state index contributed by atoms with van der Waals surface area (Å²) in [4.78, 5) is 4.06. The highest BCUT2D eigenvalue weighted by molar-refractivity contribution is 6.30. The topological polar surface area (TPSA) is 26.0 Å². The van der Waals surface area contributed by atoms with Gasteiger partial charge in [0.15, 0.2) is 0 Å². The van der Waals surface area contributed by atoms with Crippen molar-refractivity contribution in [2.45, 2.75) is 0 Å². The molecule has 2 aromatic heterocycles. The van der Waals surface area contributed by atoms with Gasteiger partial charge in [-0.2, -0.15) is 0 Å². The molecule has 3 aromatic rings. The third kappa shape index (κ3) is 1.57. The second-order valence-corrected chi connectivity index (χ2v) is 3.93. The summed E-state index contributed by atoms with van der Waals surface area (Å²) in [5.41, 5.74) is 1.04. The highest BCUT2D eigenvalue weighted by Gasteiger charge is 2.02. The van der Waals surface area contributed by atoms with E-state index in [1.165, 1.54) is 0 Å². The van der Waals surface area contributed by atoms with Crippen molar-refractivity contribution in [2.75, 3.05) is 0 Å². The van der Waals surface area contributed by atoms with Crippen molar-refractivity contribution >= 4 is 22.4 Å². The molecule has 0 unspecified atom stereocenters. The molecule has 0 fully saturated rings. The molecule has 1 aromatic carbocycles. The lowest BCUT2D eigenvalue weighted by molar-refractivity contribution is 0.582. The molecule has 78 valence electrons. The minimum absolute atomic E-state index is 0.512. The van der Waals surface area contributed by atoms with Crippen LogP contribution >= 0.6 is 11.6 Å². The van der Waals surface area contributed by atoms with Gasteiger partial charge in [-0.25, -0.2) is 4.98 Å². The van der Waals surface area contributed by atoms with Crippen LogP contribution < -0.4 is 0 Å². The molecule has 0 amide bonds. The molecule has 3 heteroatoms. The SMILES string of the molecule is Clc1cc2ccc(-c3ccco3)cc2cn1. The number of nitrogens with zero attached hydrogens (tertiary/aromatic N) is 1. The van der Waals surface area contributed by atoms with Crippen LogP contribution in [0, 0.1) is 0 Å². The summed E-state index contributed by atoms with van der Waals surface area (Å²) in [6.45, 7) is 0. The summed E-state index contributed by atoms with van der Waals surface area (Å²) in [6.07, 6.45) is 3.43. The molecule has 3 rings (SSSR count). The van der Waals surface area contributed by atoms with E-state index in [1.807, 2.05) is 36.4 Å². The van der Waals surface area contributed by atoms with Crippen LogP contribution in [0.2, 0.25) is 5.15 Å². The van der Waals surface area contributed by atoms with E-state index in [-0.39, 0.29) is 0 Å². The zero-order chi connectivity index (χ0) is 11.0. The molecule has 0 N–H and O–H groups in total. The van der Waals surface area contributed by atoms with E-state index in [2.05, 4.69) is 4.98 Å². The first kappa shape index (κ1) is 9.43. The summed E-state index contributed by atoms with van der Waals surface area (Å²) in [6, 6.07) is 11.7. The molecule has 0 aliphatic heterocycles. The van der Waals surface area contributed by atoms with Gasteiger partial charge in [0.05, 0.1) is 6.26 Å². The van der Waals surface area contributed by atoms with Gasteiger partial charge in [0.1, 0.15) is 10.9 Å². The monoisotopic (exact) mass is 229 g/mol. The highest BCUT2D eigenvalue weighted by atomic mass is 35.5. The zero-order valence-electron chi connectivity index (χ0n) is 8.35. The number of hydrogen-bond donors (Lipinski definition) is 0. The standard InChI is InChI=1S/C13H8ClNO/c14-13-7-9-3-4-10(6-11(9)8-15-13)12-2-1-5-16-12/h1-8H. The summed E-state index contributed by atoms with van der Waals surface area (Å²) in [5, 5.41) is 2.65. The minimum Gasteiger partial charge on any atom is -0.464 e. The molecule has 0 aliphatic carbocycles. The molecule has 0 saturated heterocycles. The lowest BCUT2D eigenvalue weighted by atomic mass is 10.1. The number of rotatable bonds is 1. The summed E-state index contributed by atoms with van der Waals surface area (Å²) < 4.78 is 5.35. The third-order valence-corrected chi connectivity index (χ3v) is 2.70. The summed E-state index contributed by atoms with van der Waals surface area (Å²) >= 11 is 5.83. The van der Waals surface area contributed by atoms with Crippen molar-refractivity contribution in [3.8, 4) is 11.3 Å². The molecule has 2 nitrogen and oxygen atoms in total. The molecule has 0 bridgehead atoms. The lowest BCUT2D eigenvalue weighted by Gasteiger charge is -2.01. The lowest BCUT2D eigenvalue weighted by Crippen LogP contribution is -1.79. The Labute approximate surface area is 97.5 Å². The van der Waals surface area contributed by atoms with Crippen LogP contribution in [-0.4, -0.2) is 4.98 Å². The maximum Gasteiger partial charge on any atom is 0.133 e. The summed E-state index contributed by atoms with van der Waals surface area (Å²) in [7, 11) is 0. The second-order valence-electron chi connectivity index (χ2n) is 3.55. The van der Waals surface area contributed by atoms with Crippen molar-refractivity contribution in [1.29, 1.82) is 0 Å². The van der Waals surface area contributed by atoms with Crippen molar-refractivity contribution in [1.82, 2.24) is 4.98 Å². The maximum atomic E-state index is 5.83.